The van der Waals surface area contributed by atoms with Gasteiger partial charge in [0.1, 0.15) is 0 Å². The first-order valence-corrected chi connectivity index (χ1v) is 7.69. The van der Waals surface area contributed by atoms with Crippen molar-refractivity contribution in [2.75, 3.05) is 12.4 Å². The topological polar surface area (TPSA) is 110 Å². The van der Waals surface area contributed by atoms with E-state index in [1.54, 1.807) is 17.4 Å². The highest BCUT2D eigenvalue weighted by molar-refractivity contribution is 7.13. The van der Waals surface area contributed by atoms with Crippen LogP contribution in [0, 0.1) is 10.1 Å². The summed E-state index contributed by atoms with van der Waals surface area (Å²) in [7, 11) is 1.33. The lowest BCUT2D eigenvalue weighted by Gasteiger charge is -2.05. The molecule has 2 heterocycles. The molecular formula is C15H12N4O4S. The summed E-state index contributed by atoms with van der Waals surface area (Å²) in [5, 5.41) is 22.4. The number of nitrogens with one attached hydrogen (secondary N) is 2. The number of hydrogen-bond acceptors (Lipinski definition) is 6. The molecule has 2 N–H and O–H groups in total. The molecule has 0 saturated heterocycles. The Morgan fingerprint density at radius 3 is 2.88 bits per heavy atom. The second-order valence-electron chi connectivity index (χ2n) is 4.74. The normalized spacial score (nSPS) is 10.4. The van der Waals surface area contributed by atoms with Crippen LogP contribution in [0.5, 0.6) is 5.75 Å². The number of hydrogen-bond donors (Lipinski definition) is 2. The Labute approximate surface area is 140 Å². The van der Waals surface area contributed by atoms with E-state index in [9.17, 15) is 14.9 Å². The number of amides is 1. The molecule has 2 aromatic heterocycles. The van der Waals surface area contributed by atoms with Gasteiger partial charge in [-0.15, -0.1) is 11.3 Å². The number of benzene rings is 1. The van der Waals surface area contributed by atoms with Gasteiger partial charge in [0.25, 0.3) is 5.91 Å². The lowest BCUT2D eigenvalue weighted by atomic mass is 10.1. The molecule has 0 atom stereocenters. The molecule has 0 unspecified atom stereocenters. The van der Waals surface area contributed by atoms with Gasteiger partial charge in [0, 0.05) is 17.7 Å². The van der Waals surface area contributed by atoms with Crippen LogP contribution < -0.4 is 10.1 Å². The third-order valence-electron chi connectivity index (χ3n) is 3.24. The fourth-order valence-electron chi connectivity index (χ4n) is 2.11. The maximum atomic E-state index is 12.3. The van der Waals surface area contributed by atoms with Crippen molar-refractivity contribution in [3.05, 3.63) is 57.5 Å². The van der Waals surface area contributed by atoms with Crippen LogP contribution in [0.2, 0.25) is 0 Å². The first-order valence-electron chi connectivity index (χ1n) is 6.81. The van der Waals surface area contributed by atoms with Crippen molar-refractivity contribution >= 4 is 28.7 Å². The molecule has 0 aliphatic rings. The molecule has 122 valence electrons. The maximum Gasteiger partial charge on any atom is 0.311 e. The average molecular weight is 344 g/mol. The van der Waals surface area contributed by atoms with E-state index in [0.717, 1.165) is 10.6 Å². The number of nitro groups is 1. The fourth-order valence-corrected chi connectivity index (χ4v) is 2.80. The minimum Gasteiger partial charge on any atom is -0.490 e. The fraction of sp³-hybridized carbons (Fsp3) is 0.0667. The zero-order chi connectivity index (χ0) is 17.1. The predicted octanol–water partition coefficient (Wildman–Crippen LogP) is 3.31. The number of thiophene rings is 1. The molecule has 0 saturated carbocycles. The lowest BCUT2D eigenvalue weighted by Crippen LogP contribution is -2.12. The molecule has 0 aliphatic carbocycles. The van der Waals surface area contributed by atoms with Gasteiger partial charge in [0.15, 0.2) is 11.6 Å². The van der Waals surface area contributed by atoms with Crippen molar-refractivity contribution < 1.29 is 14.5 Å². The van der Waals surface area contributed by atoms with Crippen molar-refractivity contribution in [1.82, 2.24) is 10.2 Å². The summed E-state index contributed by atoms with van der Waals surface area (Å²) in [6.45, 7) is 0. The van der Waals surface area contributed by atoms with Crippen molar-refractivity contribution in [2.45, 2.75) is 0 Å². The van der Waals surface area contributed by atoms with Gasteiger partial charge in [0.05, 0.1) is 22.6 Å². The van der Waals surface area contributed by atoms with Crippen LogP contribution in [0.4, 0.5) is 11.5 Å². The first-order chi connectivity index (χ1) is 11.6. The van der Waals surface area contributed by atoms with Crippen LogP contribution in [0.3, 0.4) is 0 Å². The van der Waals surface area contributed by atoms with Gasteiger partial charge >= 0.3 is 5.69 Å². The van der Waals surface area contributed by atoms with Crippen molar-refractivity contribution in [3.63, 3.8) is 0 Å². The molecule has 0 spiro atoms. The van der Waals surface area contributed by atoms with Crippen molar-refractivity contribution in [2.24, 2.45) is 0 Å². The average Bonchev–Trinajstić information content (AvgIpc) is 3.25. The molecular weight excluding hydrogens is 332 g/mol. The summed E-state index contributed by atoms with van der Waals surface area (Å²) in [5.41, 5.74) is 0.649. The largest absolute Gasteiger partial charge is 0.490 e. The van der Waals surface area contributed by atoms with Gasteiger partial charge < -0.3 is 10.1 Å². The Kier molecular flexibility index (Phi) is 4.25. The Hall–Kier alpha value is -3.20. The minimum atomic E-state index is -0.598. The minimum absolute atomic E-state index is 0.0938. The first kappa shape index (κ1) is 15.7. The van der Waals surface area contributed by atoms with Crippen LogP contribution in [0.1, 0.15) is 10.4 Å². The maximum absolute atomic E-state index is 12.3. The summed E-state index contributed by atoms with van der Waals surface area (Å²) in [6.07, 6.45) is 0. The standard InChI is InChI=1S/C15H12N4O4S/c1-23-12-5-4-9(7-11(12)19(21)22)15(20)16-14-8-10(17-18-14)13-3-2-6-24-13/h2-8H,1H3,(H2,16,17,18,20). The SMILES string of the molecule is COc1ccc(C(=O)Nc2cc(-c3cccs3)[nH]n2)cc1[N+](=O)[O-]. The van der Waals surface area contributed by atoms with Gasteiger partial charge in [-0.2, -0.15) is 5.10 Å². The van der Waals surface area contributed by atoms with Crippen molar-refractivity contribution in [3.8, 4) is 16.3 Å². The summed E-state index contributed by atoms with van der Waals surface area (Å²) >= 11 is 1.54. The number of nitro benzene ring substituents is 1. The quantitative estimate of drug-likeness (QED) is 0.545. The van der Waals surface area contributed by atoms with E-state index >= 15 is 0 Å². The number of ether oxygens (including phenoxy) is 1. The third-order valence-corrected chi connectivity index (χ3v) is 4.15. The molecule has 0 aliphatic heterocycles. The molecule has 1 amide bonds. The number of H-pyrrole nitrogens is 1. The number of aromatic amines is 1. The molecule has 0 radical (unpaired) electrons. The second-order valence-corrected chi connectivity index (χ2v) is 5.69. The number of carbonyl (C=O) groups is 1. The van der Waals surface area contributed by atoms with Gasteiger partial charge in [0.2, 0.25) is 0 Å². The zero-order valence-corrected chi connectivity index (χ0v) is 13.3. The van der Waals surface area contributed by atoms with Crippen LogP contribution >= 0.6 is 11.3 Å². The van der Waals surface area contributed by atoms with Gasteiger partial charge in [-0.3, -0.25) is 20.0 Å². The summed E-state index contributed by atoms with van der Waals surface area (Å²) in [6, 6.07) is 9.54. The van der Waals surface area contributed by atoms with Crippen molar-refractivity contribution in [1.29, 1.82) is 0 Å². The Morgan fingerprint density at radius 2 is 2.21 bits per heavy atom. The monoisotopic (exact) mass is 344 g/mol. The van der Waals surface area contributed by atoms with E-state index in [0.29, 0.717) is 5.82 Å². The number of methoxy groups -OCH3 is 1. The lowest BCUT2D eigenvalue weighted by molar-refractivity contribution is -0.385. The van der Waals surface area contributed by atoms with Gasteiger partial charge in [-0.1, -0.05) is 6.07 Å². The molecule has 0 bridgehead atoms. The molecule has 0 fully saturated rings. The highest BCUT2D eigenvalue weighted by atomic mass is 32.1. The molecule has 3 aromatic rings. The summed E-state index contributed by atoms with van der Waals surface area (Å²) in [5.74, 6) is -0.0665. The molecule has 24 heavy (non-hydrogen) atoms. The number of nitrogens with zero attached hydrogens (tertiary/aromatic N) is 2. The van der Waals surface area contributed by atoms with E-state index in [4.69, 9.17) is 4.74 Å². The van der Waals surface area contributed by atoms with Gasteiger partial charge in [-0.05, 0) is 23.6 Å². The number of rotatable bonds is 5. The molecule has 3 rings (SSSR count). The molecule has 1 aromatic carbocycles. The number of aromatic nitrogens is 2. The van der Waals surface area contributed by atoms with E-state index in [2.05, 4.69) is 15.5 Å². The van der Waals surface area contributed by atoms with E-state index in [-0.39, 0.29) is 17.0 Å². The van der Waals surface area contributed by atoms with Crippen LogP contribution in [0.15, 0.2) is 41.8 Å². The highest BCUT2D eigenvalue weighted by Gasteiger charge is 2.18. The Balaban J connectivity index is 1.80. The predicted molar refractivity (Wildman–Crippen MR) is 89.5 cm³/mol. The van der Waals surface area contributed by atoms with Crippen LogP contribution in [-0.2, 0) is 0 Å². The van der Waals surface area contributed by atoms with E-state index < -0.39 is 10.8 Å². The molecule has 9 heteroatoms. The number of anilines is 1. The highest BCUT2D eigenvalue weighted by Crippen LogP contribution is 2.28. The van der Waals surface area contributed by atoms with Gasteiger partial charge in [-0.25, -0.2) is 0 Å². The zero-order valence-electron chi connectivity index (χ0n) is 12.5. The smallest absolute Gasteiger partial charge is 0.311 e. The van der Waals surface area contributed by atoms with Crippen LogP contribution in [0.25, 0.3) is 10.6 Å². The van der Waals surface area contributed by atoms with Crippen LogP contribution in [-0.4, -0.2) is 28.1 Å². The number of carbonyl (C=O) groups excluding carboxylic acids is 1. The van der Waals surface area contributed by atoms with E-state index in [1.165, 1.54) is 25.3 Å². The Morgan fingerprint density at radius 1 is 1.38 bits per heavy atom. The molecule has 8 nitrogen and oxygen atoms in total. The Bertz CT molecular complexity index is 889. The second kappa shape index (κ2) is 6.50. The summed E-state index contributed by atoms with van der Waals surface area (Å²) in [4.78, 5) is 23.7. The van der Waals surface area contributed by atoms with E-state index in [1.807, 2.05) is 17.5 Å². The third kappa shape index (κ3) is 3.10. The summed E-state index contributed by atoms with van der Waals surface area (Å²) < 4.78 is 4.91.